The average Bonchev–Trinajstić information content (AvgIpc) is 2.61. The third-order valence-electron chi connectivity index (χ3n) is 2.03. The predicted molar refractivity (Wildman–Crippen MR) is 49.2 cm³/mol. The maximum Gasteiger partial charge on any atom is 0.186 e. The molecular formula is C9H10BFO2. The summed E-state index contributed by atoms with van der Waals surface area (Å²) in [5, 5.41) is 0. The lowest BCUT2D eigenvalue weighted by Crippen LogP contribution is -2.09. The first-order valence-corrected chi connectivity index (χ1v) is 4.26. The van der Waals surface area contributed by atoms with Crippen LogP contribution in [0.15, 0.2) is 18.2 Å². The molecular weight excluding hydrogens is 170 g/mol. The zero-order valence-corrected chi connectivity index (χ0v) is 7.42. The molecule has 13 heavy (non-hydrogen) atoms. The Morgan fingerprint density at radius 3 is 2.69 bits per heavy atom. The minimum Gasteiger partial charge on any atom is -0.346 e. The Morgan fingerprint density at radius 2 is 2.00 bits per heavy atom. The van der Waals surface area contributed by atoms with Crippen LogP contribution in [0.4, 0.5) is 4.39 Å². The average molecular weight is 180 g/mol. The molecule has 1 aliphatic heterocycles. The Hall–Kier alpha value is -0.865. The van der Waals surface area contributed by atoms with Gasteiger partial charge in [-0.2, -0.15) is 0 Å². The first-order chi connectivity index (χ1) is 6.27. The first kappa shape index (κ1) is 8.72. The number of hydrogen-bond acceptors (Lipinski definition) is 2. The van der Waals surface area contributed by atoms with Crippen molar-refractivity contribution < 1.29 is 13.9 Å². The molecule has 1 aromatic carbocycles. The van der Waals surface area contributed by atoms with Crippen molar-refractivity contribution in [2.75, 3.05) is 13.2 Å². The molecule has 1 fully saturated rings. The van der Waals surface area contributed by atoms with Gasteiger partial charge in [-0.3, -0.25) is 0 Å². The maximum absolute atomic E-state index is 13.3. The van der Waals surface area contributed by atoms with Gasteiger partial charge in [0.05, 0.1) is 13.2 Å². The van der Waals surface area contributed by atoms with Gasteiger partial charge in [-0.25, -0.2) is 4.39 Å². The van der Waals surface area contributed by atoms with Crippen LogP contribution >= 0.6 is 0 Å². The van der Waals surface area contributed by atoms with E-state index >= 15 is 0 Å². The van der Waals surface area contributed by atoms with Gasteiger partial charge in [0.2, 0.25) is 0 Å². The van der Waals surface area contributed by atoms with Gasteiger partial charge >= 0.3 is 0 Å². The van der Waals surface area contributed by atoms with E-state index in [0.717, 1.165) is 5.46 Å². The van der Waals surface area contributed by atoms with Crippen LogP contribution in [0.1, 0.15) is 11.9 Å². The Balaban J connectivity index is 2.32. The third-order valence-corrected chi connectivity index (χ3v) is 2.03. The summed E-state index contributed by atoms with van der Waals surface area (Å²) >= 11 is 0. The van der Waals surface area contributed by atoms with Crippen LogP contribution in [0.3, 0.4) is 0 Å². The van der Waals surface area contributed by atoms with Gasteiger partial charge in [0.1, 0.15) is 13.7 Å². The van der Waals surface area contributed by atoms with Crippen molar-refractivity contribution in [1.82, 2.24) is 0 Å². The molecule has 0 bridgehead atoms. The number of hydrogen-bond donors (Lipinski definition) is 0. The van der Waals surface area contributed by atoms with E-state index in [-0.39, 0.29) is 5.82 Å². The predicted octanol–water partition coefficient (Wildman–Crippen LogP) is 0.129. The summed E-state index contributed by atoms with van der Waals surface area (Å²) in [6, 6.07) is 4.93. The lowest BCUT2D eigenvalue weighted by atomic mass is 9.94. The van der Waals surface area contributed by atoms with E-state index in [1.165, 1.54) is 6.07 Å². The van der Waals surface area contributed by atoms with Crippen LogP contribution in [0.2, 0.25) is 0 Å². The summed E-state index contributed by atoms with van der Waals surface area (Å²) in [4.78, 5) is 0. The van der Waals surface area contributed by atoms with Crippen molar-refractivity contribution in [2.45, 2.75) is 6.29 Å². The highest BCUT2D eigenvalue weighted by Gasteiger charge is 2.21. The van der Waals surface area contributed by atoms with Gasteiger partial charge in [0.25, 0.3) is 0 Å². The molecule has 2 rings (SSSR count). The molecule has 1 heterocycles. The van der Waals surface area contributed by atoms with Crippen LogP contribution in [-0.4, -0.2) is 21.1 Å². The van der Waals surface area contributed by atoms with Crippen LogP contribution in [-0.2, 0) is 9.47 Å². The Bertz CT molecular complexity index is 310. The second-order valence-electron chi connectivity index (χ2n) is 3.10. The van der Waals surface area contributed by atoms with Crippen molar-refractivity contribution in [2.24, 2.45) is 0 Å². The highest BCUT2D eigenvalue weighted by molar-refractivity contribution is 6.32. The molecule has 1 aliphatic rings. The van der Waals surface area contributed by atoms with E-state index in [2.05, 4.69) is 0 Å². The smallest absolute Gasteiger partial charge is 0.186 e. The lowest BCUT2D eigenvalue weighted by Gasteiger charge is -2.10. The fraction of sp³-hybridized carbons (Fsp3) is 0.333. The summed E-state index contributed by atoms with van der Waals surface area (Å²) in [6.45, 7) is 1.08. The minimum atomic E-state index is -0.514. The van der Waals surface area contributed by atoms with E-state index in [0.29, 0.717) is 18.8 Å². The summed E-state index contributed by atoms with van der Waals surface area (Å²) in [5.74, 6) is -0.266. The molecule has 1 aromatic rings. The monoisotopic (exact) mass is 180 g/mol. The number of rotatable bonds is 1. The van der Waals surface area contributed by atoms with E-state index in [1.54, 1.807) is 12.1 Å². The van der Waals surface area contributed by atoms with Crippen molar-refractivity contribution in [3.05, 3.63) is 29.6 Å². The van der Waals surface area contributed by atoms with Gasteiger partial charge < -0.3 is 9.47 Å². The second kappa shape index (κ2) is 3.48. The Labute approximate surface area is 77.1 Å². The third kappa shape index (κ3) is 1.74. The number of ether oxygens (including phenoxy) is 2. The number of benzene rings is 1. The van der Waals surface area contributed by atoms with Gasteiger partial charge in [0.15, 0.2) is 6.29 Å². The molecule has 1 saturated heterocycles. The molecule has 0 saturated carbocycles. The molecule has 4 heteroatoms. The topological polar surface area (TPSA) is 18.5 Å². The van der Waals surface area contributed by atoms with Gasteiger partial charge in [0, 0.05) is 5.56 Å². The van der Waals surface area contributed by atoms with E-state index < -0.39 is 6.29 Å². The summed E-state index contributed by atoms with van der Waals surface area (Å²) in [5.41, 5.74) is 1.51. The van der Waals surface area contributed by atoms with Gasteiger partial charge in [-0.05, 0) is 6.07 Å². The Morgan fingerprint density at radius 1 is 1.31 bits per heavy atom. The van der Waals surface area contributed by atoms with E-state index in [4.69, 9.17) is 9.47 Å². The standard InChI is InChI=1S/C9H10BFO2/c10-6-1-2-8(11)7(5-6)9-12-3-4-13-9/h1-2,5,9H,3-4,10H2. The molecule has 2 nitrogen and oxygen atoms in total. The quantitative estimate of drug-likeness (QED) is 0.572. The molecule has 0 aliphatic carbocycles. The van der Waals surface area contributed by atoms with E-state index in [9.17, 15) is 4.39 Å². The normalized spacial score (nSPS) is 17.9. The molecule has 0 unspecified atom stereocenters. The molecule has 0 radical (unpaired) electrons. The van der Waals surface area contributed by atoms with Crippen molar-refractivity contribution in [1.29, 1.82) is 0 Å². The zero-order chi connectivity index (χ0) is 9.26. The fourth-order valence-electron chi connectivity index (χ4n) is 1.38. The zero-order valence-electron chi connectivity index (χ0n) is 7.42. The Kier molecular flexibility index (Phi) is 2.33. The minimum absolute atomic E-state index is 0.266. The summed E-state index contributed by atoms with van der Waals surface area (Å²) in [6.07, 6.45) is -0.514. The van der Waals surface area contributed by atoms with Crippen molar-refractivity contribution in [3.63, 3.8) is 0 Å². The summed E-state index contributed by atoms with van der Waals surface area (Å²) in [7, 11) is 1.91. The highest BCUT2D eigenvalue weighted by Crippen LogP contribution is 2.24. The molecule has 0 N–H and O–H groups in total. The molecule has 0 aromatic heterocycles. The fourth-order valence-corrected chi connectivity index (χ4v) is 1.38. The summed E-state index contributed by atoms with van der Waals surface area (Å²) < 4.78 is 23.7. The molecule has 0 atom stereocenters. The van der Waals surface area contributed by atoms with Gasteiger partial charge in [-0.15, -0.1) is 0 Å². The SMILES string of the molecule is Bc1ccc(F)c(C2OCCO2)c1. The van der Waals surface area contributed by atoms with Crippen LogP contribution in [0.25, 0.3) is 0 Å². The molecule has 0 amide bonds. The highest BCUT2D eigenvalue weighted by atomic mass is 19.1. The van der Waals surface area contributed by atoms with E-state index in [1.807, 2.05) is 7.85 Å². The van der Waals surface area contributed by atoms with Gasteiger partial charge in [-0.1, -0.05) is 17.6 Å². The van der Waals surface area contributed by atoms with Crippen molar-refractivity contribution >= 4 is 13.3 Å². The van der Waals surface area contributed by atoms with Crippen LogP contribution in [0, 0.1) is 5.82 Å². The largest absolute Gasteiger partial charge is 0.346 e. The van der Waals surface area contributed by atoms with Crippen LogP contribution in [0.5, 0.6) is 0 Å². The number of halogens is 1. The maximum atomic E-state index is 13.3. The molecule has 0 spiro atoms. The lowest BCUT2D eigenvalue weighted by molar-refractivity contribution is -0.0464. The van der Waals surface area contributed by atoms with Crippen molar-refractivity contribution in [3.8, 4) is 0 Å². The first-order valence-electron chi connectivity index (χ1n) is 4.26. The van der Waals surface area contributed by atoms with Crippen LogP contribution < -0.4 is 5.46 Å². The molecule has 68 valence electrons. The second-order valence-corrected chi connectivity index (χ2v) is 3.10.